The van der Waals surface area contributed by atoms with Gasteiger partial charge >= 0.3 is 5.63 Å². The van der Waals surface area contributed by atoms with Crippen molar-refractivity contribution in [2.45, 2.75) is 53.6 Å². The standard InChI is InChI=1S/C27H29N3O3/c1-17-10-11-22-18(2)23(27(32)33-25(22)14-17)12-13-26(31)28-15-24-19(3)29-30(20(24)4)16-21-8-6-5-7-9-21/h5-11,14H,12-13,15-16H2,1-4H3,(H,28,31). The highest BCUT2D eigenvalue weighted by Crippen LogP contribution is 2.21. The lowest BCUT2D eigenvalue weighted by molar-refractivity contribution is -0.121. The molecule has 0 radical (unpaired) electrons. The second-order valence-corrected chi connectivity index (χ2v) is 8.56. The highest BCUT2D eigenvalue weighted by molar-refractivity contribution is 5.82. The molecule has 0 aliphatic carbocycles. The highest BCUT2D eigenvalue weighted by atomic mass is 16.4. The molecule has 0 saturated heterocycles. The van der Waals surface area contributed by atoms with Gasteiger partial charge in [0, 0.05) is 35.2 Å². The minimum absolute atomic E-state index is 0.104. The Labute approximate surface area is 193 Å². The zero-order chi connectivity index (χ0) is 23.5. The fourth-order valence-corrected chi connectivity index (χ4v) is 4.20. The van der Waals surface area contributed by atoms with E-state index >= 15 is 0 Å². The number of rotatable bonds is 7. The molecule has 0 atom stereocenters. The number of hydrogen-bond acceptors (Lipinski definition) is 4. The first kappa shape index (κ1) is 22.5. The molecule has 0 bridgehead atoms. The third kappa shape index (κ3) is 4.90. The molecule has 0 aliphatic rings. The fraction of sp³-hybridized carbons (Fsp3) is 0.296. The lowest BCUT2D eigenvalue weighted by Crippen LogP contribution is -2.24. The number of carbonyl (C=O) groups excluding carboxylic acids is 1. The first-order chi connectivity index (χ1) is 15.8. The summed E-state index contributed by atoms with van der Waals surface area (Å²) in [6.45, 7) is 8.96. The van der Waals surface area contributed by atoms with E-state index in [9.17, 15) is 9.59 Å². The summed E-state index contributed by atoms with van der Waals surface area (Å²) in [6.07, 6.45) is 0.564. The molecule has 4 rings (SSSR count). The van der Waals surface area contributed by atoms with Crippen LogP contribution in [-0.2, 0) is 24.3 Å². The summed E-state index contributed by atoms with van der Waals surface area (Å²) < 4.78 is 7.47. The maximum atomic E-state index is 12.6. The van der Waals surface area contributed by atoms with E-state index in [0.29, 0.717) is 30.7 Å². The summed E-state index contributed by atoms with van der Waals surface area (Å²) in [7, 11) is 0. The monoisotopic (exact) mass is 443 g/mol. The lowest BCUT2D eigenvalue weighted by Gasteiger charge is -2.09. The van der Waals surface area contributed by atoms with Gasteiger partial charge in [-0.1, -0.05) is 42.5 Å². The quantitative estimate of drug-likeness (QED) is 0.426. The van der Waals surface area contributed by atoms with Crippen LogP contribution in [-0.4, -0.2) is 15.7 Å². The number of amides is 1. The minimum Gasteiger partial charge on any atom is -0.423 e. The van der Waals surface area contributed by atoms with Crippen LogP contribution >= 0.6 is 0 Å². The number of aryl methyl sites for hydroxylation is 3. The molecule has 6 heteroatoms. The molecule has 0 fully saturated rings. The van der Waals surface area contributed by atoms with Crippen LogP contribution in [0.3, 0.4) is 0 Å². The van der Waals surface area contributed by atoms with Gasteiger partial charge in [0.1, 0.15) is 5.58 Å². The molecule has 2 aromatic carbocycles. The van der Waals surface area contributed by atoms with Crippen LogP contribution in [0.5, 0.6) is 0 Å². The summed E-state index contributed by atoms with van der Waals surface area (Å²) in [5.41, 5.74) is 6.84. The third-order valence-corrected chi connectivity index (χ3v) is 6.21. The van der Waals surface area contributed by atoms with E-state index < -0.39 is 0 Å². The van der Waals surface area contributed by atoms with Crippen LogP contribution in [0.25, 0.3) is 11.0 Å². The summed E-state index contributed by atoms with van der Waals surface area (Å²) >= 11 is 0. The third-order valence-electron chi connectivity index (χ3n) is 6.21. The molecule has 0 aliphatic heterocycles. The molecular weight excluding hydrogens is 414 g/mol. The van der Waals surface area contributed by atoms with Crippen molar-refractivity contribution in [3.8, 4) is 0 Å². The van der Waals surface area contributed by atoms with Gasteiger partial charge in [0.15, 0.2) is 0 Å². The van der Waals surface area contributed by atoms with Gasteiger partial charge < -0.3 is 9.73 Å². The number of benzene rings is 2. The van der Waals surface area contributed by atoms with Crippen molar-refractivity contribution >= 4 is 16.9 Å². The van der Waals surface area contributed by atoms with Gasteiger partial charge in [0.25, 0.3) is 0 Å². The number of nitrogens with one attached hydrogen (secondary N) is 1. The molecule has 0 saturated carbocycles. The Morgan fingerprint density at radius 2 is 1.79 bits per heavy atom. The van der Waals surface area contributed by atoms with Crippen molar-refractivity contribution < 1.29 is 9.21 Å². The normalized spacial score (nSPS) is 11.2. The summed E-state index contributed by atoms with van der Waals surface area (Å²) in [5.74, 6) is -0.104. The number of fused-ring (bicyclic) bond motifs is 1. The molecule has 1 N–H and O–H groups in total. The van der Waals surface area contributed by atoms with E-state index in [1.165, 1.54) is 5.56 Å². The van der Waals surface area contributed by atoms with Crippen LogP contribution in [0.1, 0.15) is 45.6 Å². The average Bonchev–Trinajstić information content (AvgIpc) is 3.04. The Hall–Kier alpha value is -3.67. The zero-order valence-electron chi connectivity index (χ0n) is 19.6. The Kier molecular flexibility index (Phi) is 6.45. The van der Waals surface area contributed by atoms with Crippen LogP contribution in [0.2, 0.25) is 0 Å². The van der Waals surface area contributed by atoms with Crippen molar-refractivity contribution in [3.05, 3.63) is 98.2 Å². The molecule has 2 heterocycles. The summed E-state index contributed by atoms with van der Waals surface area (Å²) in [5, 5.41) is 8.54. The molecule has 4 aromatic rings. The predicted octanol–water partition coefficient (Wildman–Crippen LogP) is 4.52. The van der Waals surface area contributed by atoms with Crippen molar-refractivity contribution in [1.29, 1.82) is 0 Å². The minimum atomic E-state index is -0.368. The van der Waals surface area contributed by atoms with Crippen LogP contribution in [0.15, 0.2) is 57.7 Å². The predicted molar refractivity (Wildman–Crippen MR) is 129 cm³/mol. The Balaban J connectivity index is 1.40. The molecule has 0 unspecified atom stereocenters. The number of hydrogen-bond donors (Lipinski definition) is 1. The van der Waals surface area contributed by atoms with Gasteiger partial charge in [-0.3, -0.25) is 9.48 Å². The molecule has 0 spiro atoms. The molecular formula is C27H29N3O3. The topological polar surface area (TPSA) is 77.1 Å². The number of carbonyl (C=O) groups is 1. The highest BCUT2D eigenvalue weighted by Gasteiger charge is 2.15. The molecule has 6 nitrogen and oxygen atoms in total. The first-order valence-electron chi connectivity index (χ1n) is 11.2. The smallest absolute Gasteiger partial charge is 0.339 e. The second-order valence-electron chi connectivity index (χ2n) is 8.56. The molecule has 1 amide bonds. The fourth-order valence-electron chi connectivity index (χ4n) is 4.20. The van der Waals surface area contributed by atoms with E-state index in [4.69, 9.17) is 4.42 Å². The zero-order valence-corrected chi connectivity index (χ0v) is 19.6. The van der Waals surface area contributed by atoms with E-state index in [-0.39, 0.29) is 18.0 Å². The number of nitrogens with zero attached hydrogens (tertiary/aromatic N) is 2. The summed E-state index contributed by atoms with van der Waals surface area (Å²) in [4.78, 5) is 25.1. The van der Waals surface area contributed by atoms with Crippen molar-refractivity contribution in [3.63, 3.8) is 0 Å². The molecule has 2 aromatic heterocycles. The van der Waals surface area contributed by atoms with Crippen molar-refractivity contribution in [1.82, 2.24) is 15.1 Å². The Bertz CT molecular complexity index is 1370. The van der Waals surface area contributed by atoms with E-state index in [2.05, 4.69) is 22.5 Å². The molecule has 170 valence electrons. The second kappa shape index (κ2) is 9.45. The van der Waals surface area contributed by atoms with Gasteiger partial charge in [-0.2, -0.15) is 5.10 Å². The van der Waals surface area contributed by atoms with Crippen LogP contribution < -0.4 is 10.9 Å². The Morgan fingerprint density at radius 3 is 2.55 bits per heavy atom. The van der Waals surface area contributed by atoms with Crippen molar-refractivity contribution in [2.75, 3.05) is 0 Å². The first-order valence-corrected chi connectivity index (χ1v) is 11.2. The summed E-state index contributed by atoms with van der Waals surface area (Å²) in [6, 6.07) is 16.0. The van der Waals surface area contributed by atoms with Gasteiger partial charge in [-0.05, 0) is 56.9 Å². The Morgan fingerprint density at radius 1 is 1.03 bits per heavy atom. The van der Waals surface area contributed by atoms with Gasteiger partial charge in [0.2, 0.25) is 5.91 Å². The molecule has 33 heavy (non-hydrogen) atoms. The largest absolute Gasteiger partial charge is 0.423 e. The van der Waals surface area contributed by atoms with Gasteiger partial charge in [-0.25, -0.2) is 4.79 Å². The number of aromatic nitrogens is 2. The van der Waals surface area contributed by atoms with Crippen molar-refractivity contribution in [2.24, 2.45) is 0 Å². The van der Waals surface area contributed by atoms with Gasteiger partial charge in [0.05, 0.1) is 12.2 Å². The lowest BCUT2D eigenvalue weighted by atomic mass is 10.0. The maximum absolute atomic E-state index is 12.6. The SMILES string of the molecule is Cc1ccc2c(C)c(CCC(=O)NCc3c(C)nn(Cc4ccccc4)c3C)c(=O)oc2c1. The van der Waals surface area contributed by atoms with E-state index in [1.54, 1.807) is 0 Å². The van der Waals surface area contributed by atoms with Gasteiger partial charge in [-0.15, -0.1) is 0 Å². The average molecular weight is 444 g/mol. The van der Waals surface area contributed by atoms with E-state index in [0.717, 1.165) is 33.5 Å². The maximum Gasteiger partial charge on any atom is 0.339 e. The van der Waals surface area contributed by atoms with Crippen LogP contribution in [0.4, 0.5) is 0 Å². The van der Waals surface area contributed by atoms with E-state index in [1.807, 2.05) is 68.8 Å². The van der Waals surface area contributed by atoms with Crippen LogP contribution in [0, 0.1) is 27.7 Å².